The van der Waals surface area contributed by atoms with Crippen molar-refractivity contribution in [3.63, 3.8) is 0 Å². The number of amides is 1. The van der Waals surface area contributed by atoms with Gasteiger partial charge in [0.2, 0.25) is 0 Å². The van der Waals surface area contributed by atoms with E-state index in [-0.39, 0.29) is 17.9 Å². The molecule has 7 heteroatoms. The van der Waals surface area contributed by atoms with Crippen molar-refractivity contribution in [1.29, 1.82) is 0 Å². The zero-order valence-electron chi connectivity index (χ0n) is 15.8. The molecule has 1 amide bonds. The highest BCUT2D eigenvalue weighted by Gasteiger charge is 2.32. The lowest BCUT2D eigenvalue weighted by Gasteiger charge is -2.32. The molecular formula is C20H23N5O2. The Hall–Kier alpha value is -2.96. The van der Waals surface area contributed by atoms with Crippen LogP contribution in [0, 0.1) is 0 Å². The van der Waals surface area contributed by atoms with Gasteiger partial charge in [0, 0.05) is 18.9 Å². The molecule has 4 rings (SSSR count). The second-order valence-electron chi connectivity index (χ2n) is 7.32. The number of benzene rings is 1. The maximum Gasteiger partial charge on any atom is 0.276 e. The molecule has 1 aromatic carbocycles. The maximum absolute atomic E-state index is 13.0. The molecule has 0 N–H and O–H groups in total. The quantitative estimate of drug-likeness (QED) is 0.709. The van der Waals surface area contributed by atoms with Crippen molar-refractivity contribution in [2.45, 2.75) is 45.7 Å². The van der Waals surface area contributed by atoms with Crippen LogP contribution in [0.5, 0.6) is 0 Å². The van der Waals surface area contributed by atoms with Crippen molar-refractivity contribution in [3.8, 4) is 0 Å². The van der Waals surface area contributed by atoms with Crippen molar-refractivity contribution in [3.05, 3.63) is 65.4 Å². The lowest BCUT2D eigenvalue weighted by molar-refractivity contribution is 0.0671. The minimum atomic E-state index is -0.113. The fourth-order valence-corrected chi connectivity index (χ4v) is 3.64. The van der Waals surface area contributed by atoms with E-state index >= 15 is 0 Å². The van der Waals surface area contributed by atoms with Crippen molar-refractivity contribution < 1.29 is 9.21 Å². The molecule has 0 bridgehead atoms. The highest BCUT2D eigenvalue weighted by Crippen LogP contribution is 2.26. The van der Waals surface area contributed by atoms with Crippen molar-refractivity contribution >= 4 is 5.91 Å². The summed E-state index contributed by atoms with van der Waals surface area (Å²) >= 11 is 0. The fourth-order valence-electron chi connectivity index (χ4n) is 3.64. The Labute approximate surface area is 158 Å². The standard InChI is InChI=1S/C20H23N5O2/c1-13(2)19-18(21-12-27-19)20(26)24-10-14(3)25-16(22-23-17(25)11-24)9-15-7-5-4-6-8-15/h4-8,12-14H,9-11H2,1-3H3/t14-/m0/s1. The molecule has 3 aromatic rings. The van der Waals surface area contributed by atoms with E-state index < -0.39 is 0 Å². The predicted molar refractivity (Wildman–Crippen MR) is 99.3 cm³/mol. The molecule has 2 aromatic heterocycles. The summed E-state index contributed by atoms with van der Waals surface area (Å²) in [5.41, 5.74) is 1.59. The van der Waals surface area contributed by atoms with Gasteiger partial charge in [0.05, 0.1) is 12.6 Å². The van der Waals surface area contributed by atoms with Crippen LogP contribution in [-0.2, 0) is 13.0 Å². The first-order chi connectivity index (χ1) is 13.0. The van der Waals surface area contributed by atoms with Gasteiger partial charge in [-0.3, -0.25) is 4.79 Å². The van der Waals surface area contributed by atoms with Gasteiger partial charge in [-0.2, -0.15) is 0 Å². The van der Waals surface area contributed by atoms with E-state index in [1.165, 1.54) is 12.0 Å². The minimum Gasteiger partial charge on any atom is -0.447 e. The third-order valence-electron chi connectivity index (χ3n) is 4.91. The largest absolute Gasteiger partial charge is 0.447 e. The maximum atomic E-state index is 13.0. The van der Waals surface area contributed by atoms with Crippen LogP contribution >= 0.6 is 0 Å². The average molecular weight is 365 g/mol. The van der Waals surface area contributed by atoms with Gasteiger partial charge in [-0.05, 0) is 12.5 Å². The van der Waals surface area contributed by atoms with E-state index in [9.17, 15) is 4.79 Å². The molecule has 0 unspecified atom stereocenters. The van der Waals surface area contributed by atoms with Crippen molar-refractivity contribution in [2.24, 2.45) is 0 Å². The zero-order valence-corrected chi connectivity index (χ0v) is 15.8. The van der Waals surface area contributed by atoms with Crippen LogP contribution in [0.15, 0.2) is 41.1 Å². The molecule has 27 heavy (non-hydrogen) atoms. The average Bonchev–Trinajstić information content (AvgIpc) is 3.29. The van der Waals surface area contributed by atoms with Gasteiger partial charge in [-0.25, -0.2) is 4.98 Å². The molecule has 0 spiro atoms. The Kier molecular flexibility index (Phi) is 4.51. The molecule has 140 valence electrons. The molecule has 0 saturated carbocycles. The number of nitrogens with zero attached hydrogens (tertiary/aromatic N) is 5. The van der Waals surface area contributed by atoms with Crippen LogP contribution in [0.25, 0.3) is 0 Å². The first-order valence-corrected chi connectivity index (χ1v) is 9.23. The van der Waals surface area contributed by atoms with Gasteiger partial charge >= 0.3 is 0 Å². The Morgan fingerprint density at radius 3 is 2.78 bits per heavy atom. The summed E-state index contributed by atoms with van der Waals surface area (Å²) in [7, 11) is 0. The van der Waals surface area contributed by atoms with E-state index in [0.29, 0.717) is 24.5 Å². The Balaban J connectivity index is 1.57. The number of fused-ring (bicyclic) bond motifs is 1. The van der Waals surface area contributed by atoms with Crippen LogP contribution in [0.1, 0.15) is 66.2 Å². The summed E-state index contributed by atoms with van der Waals surface area (Å²) in [4.78, 5) is 18.9. The first-order valence-electron chi connectivity index (χ1n) is 9.23. The Bertz CT molecular complexity index is 944. The lowest BCUT2D eigenvalue weighted by atomic mass is 10.1. The summed E-state index contributed by atoms with van der Waals surface area (Å²) < 4.78 is 7.57. The van der Waals surface area contributed by atoms with Crippen LogP contribution in [0.4, 0.5) is 0 Å². The van der Waals surface area contributed by atoms with Gasteiger partial charge in [-0.15, -0.1) is 10.2 Å². The number of hydrogen-bond donors (Lipinski definition) is 0. The van der Waals surface area contributed by atoms with Crippen LogP contribution < -0.4 is 0 Å². The molecule has 0 saturated heterocycles. The van der Waals surface area contributed by atoms with Gasteiger partial charge in [0.25, 0.3) is 5.91 Å². The van der Waals surface area contributed by atoms with Crippen LogP contribution in [-0.4, -0.2) is 37.1 Å². The molecule has 7 nitrogen and oxygen atoms in total. The topological polar surface area (TPSA) is 77.1 Å². The number of oxazole rings is 1. The Morgan fingerprint density at radius 1 is 1.26 bits per heavy atom. The van der Waals surface area contributed by atoms with E-state index in [4.69, 9.17) is 4.42 Å². The summed E-state index contributed by atoms with van der Waals surface area (Å²) in [5, 5.41) is 8.74. The van der Waals surface area contributed by atoms with Crippen LogP contribution in [0.2, 0.25) is 0 Å². The van der Waals surface area contributed by atoms with E-state index in [1.807, 2.05) is 32.0 Å². The highest BCUT2D eigenvalue weighted by atomic mass is 16.3. The summed E-state index contributed by atoms with van der Waals surface area (Å²) in [5.74, 6) is 2.36. The SMILES string of the molecule is CC(C)c1ocnc1C(=O)N1Cc2nnc(Cc3ccccc3)n2[C@@H](C)C1. The fraction of sp³-hybridized carbons (Fsp3) is 0.400. The number of carbonyl (C=O) groups is 1. The monoisotopic (exact) mass is 365 g/mol. The minimum absolute atomic E-state index is 0.0980. The number of hydrogen-bond acceptors (Lipinski definition) is 5. The molecule has 1 aliphatic rings. The third kappa shape index (κ3) is 3.25. The zero-order chi connectivity index (χ0) is 19.0. The number of aromatic nitrogens is 4. The molecule has 3 heterocycles. The Morgan fingerprint density at radius 2 is 2.04 bits per heavy atom. The first kappa shape index (κ1) is 17.5. The van der Waals surface area contributed by atoms with Gasteiger partial charge < -0.3 is 13.9 Å². The summed E-state index contributed by atoms with van der Waals surface area (Å²) in [6, 6.07) is 10.3. The van der Waals surface area contributed by atoms with E-state index in [1.54, 1.807) is 4.90 Å². The second-order valence-corrected chi connectivity index (χ2v) is 7.32. The number of carbonyl (C=O) groups excluding carboxylic acids is 1. The van der Waals surface area contributed by atoms with Crippen molar-refractivity contribution in [1.82, 2.24) is 24.6 Å². The smallest absolute Gasteiger partial charge is 0.276 e. The normalized spacial score (nSPS) is 16.6. The molecule has 1 aliphatic heterocycles. The molecule has 0 aliphatic carbocycles. The van der Waals surface area contributed by atoms with E-state index in [2.05, 4.69) is 38.8 Å². The van der Waals surface area contributed by atoms with E-state index in [0.717, 1.165) is 18.1 Å². The summed E-state index contributed by atoms with van der Waals surface area (Å²) in [6.07, 6.45) is 2.07. The number of rotatable bonds is 4. The molecule has 0 fully saturated rings. The van der Waals surface area contributed by atoms with Gasteiger partial charge in [0.15, 0.2) is 17.9 Å². The molecule has 1 atom stereocenters. The molecule has 0 radical (unpaired) electrons. The third-order valence-corrected chi connectivity index (χ3v) is 4.91. The van der Waals surface area contributed by atoms with Crippen molar-refractivity contribution in [2.75, 3.05) is 6.54 Å². The van der Waals surface area contributed by atoms with Crippen LogP contribution in [0.3, 0.4) is 0 Å². The highest BCUT2D eigenvalue weighted by molar-refractivity contribution is 5.93. The summed E-state index contributed by atoms with van der Waals surface area (Å²) in [6.45, 7) is 7.09. The predicted octanol–water partition coefficient (Wildman–Crippen LogP) is 3.20. The second kappa shape index (κ2) is 6.98. The van der Waals surface area contributed by atoms with Gasteiger partial charge in [0.1, 0.15) is 11.6 Å². The lowest BCUT2D eigenvalue weighted by Crippen LogP contribution is -2.41. The van der Waals surface area contributed by atoms with Gasteiger partial charge in [-0.1, -0.05) is 44.2 Å². The molecular weight excluding hydrogens is 342 g/mol.